The molecule has 132 valence electrons. The molecule has 6 heteroatoms. The Morgan fingerprint density at radius 3 is 2.32 bits per heavy atom. The smallest absolute Gasteiger partial charge is 0.408 e. The monoisotopic (exact) mass is 342 g/mol. The van der Waals surface area contributed by atoms with E-state index in [1.54, 1.807) is 70.5 Å². The summed E-state index contributed by atoms with van der Waals surface area (Å²) in [7, 11) is 1.56. The second-order valence-electron chi connectivity index (χ2n) is 6.49. The minimum atomic E-state index is -0.608. The van der Waals surface area contributed by atoms with E-state index < -0.39 is 17.7 Å². The largest absolute Gasteiger partial charge is 0.495 e. The number of ether oxygens (including phenoxy) is 2. The van der Waals surface area contributed by atoms with Gasteiger partial charge in [0.1, 0.15) is 17.6 Å². The molecule has 0 radical (unpaired) electrons. The van der Waals surface area contributed by atoms with Crippen molar-refractivity contribution < 1.29 is 19.1 Å². The third-order valence-corrected chi connectivity index (χ3v) is 3.36. The summed E-state index contributed by atoms with van der Waals surface area (Å²) in [6.07, 6.45) is 1.81. The molecule has 1 aromatic heterocycles. The third-order valence-electron chi connectivity index (χ3n) is 3.36. The molecule has 25 heavy (non-hydrogen) atoms. The number of rotatable bonds is 5. The van der Waals surface area contributed by atoms with Gasteiger partial charge in [0, 0.05) is 5.56 Å². The molecule has 1 amide bonds. The molecule has 6 nitrogen and oxygen atoms in total. The molecule has 0 fully saturated rings. The fourth-order valence-electron chi connectivity index (χ4n) is 2.20. The standard InChI is InChI=1S/C19H22N2O4/c1-19(2,3)25-18(23)21-17(14-7-5-13(12-22)6-8-14)16-10-9-15(24-4)11-20-16/h5-12,17H,1-4H3,(H,21,23). The average Bonchev–Trinajstić information content (AvgIpc) is 2.58. The fraction of sp³-hybridized carbons (Fsp3) is 0.316. The van der Waals surface area contributed by atoms with Gasteiger partial charge in [-0.3, -0.25) is 9.78 Å². The zero-order valence-corrected chi connectivity index (χ0v) is 14.8. The summed E-state index contributed by atoms with van der Waals surface area (Å²) in [5, 5.41) is 2.83. The van der Waals surface area contributed by atoms with Crippen LogP contribution in [0.5, 0.6) is 5.75 Å². The average molecular weight is 342 g/mol. The molecule has 0 aliphatic rings. The lowest BCUT2D eigenvalue weighted by Crippen LogP contribution is -2.35. The summed E-state index contributed by atoms with van der Waals surface area (Å²) in [5.41, 5.74) is 1.37. The first kappa shape index (κ1) is 18.4. The van der Waals surface area contributed by atoms with Crippen LogP contribution in [-0.2, 0) is 4.74 Å². The van der Waals surface area contributed by atoms with Gasteiger partial charge in [0.2, 0.25) is 0 Å². The number of amides is 1. The van der Waals surface area contributed by atoms with Crippen LogP contribution >= 0.6 is 0 Å². The highest BCUT2D eigenvalue weighted by Crippen LogP contribution is 2.23. The maximum atomic E-state index is 12.2. The SMILES string of the molecule is COc1ccc(C(NC(=O)OC(C)(C)C)c2ccc(C=O)cc2)nc1. The highest BCUT2D eigenvalue weighted by molar-refractivity contribution is 5.75. The predicted molar refractivity (Wildman–Crippen MR) is 93.8 cm³/mol. The number of aldehydes is 1. The first-order valence-corrected chi connectivity index (χ1v) is 7.87. The lowest BCUT2D eigenvalue weighted by atomic mass is 10.0. The molecule has 1 unspecified atom stereocenters. The van der Waals surface area contributed by atoms with Crippen LogP contribution in [0.15, 0.2) is 42.6 Å². The quantitative estimate of drug-likeness (QED) is 0.841. The molecular formula is C19H22N2O4. The van der Waals surface area contributed by atoms with Gasteiger partial charge in [0.15, 0.2) is 0 Å². The van der Waals surface area contributed by atoms with Gasteiger partial charge in [-0.05, 0) is 38.5 Å². The van der Waals surface area contributed by atoms with Gasteiger partial charge in [-0.2, -0.15) is 0 Å². The van der Waals surface area contributed by atoms with Crippen molar-refractivity contribution in [1.29, 1.82) is 0 Å². The van der Waals surface area contributed by atoms with E-state index in [0.717, 1.165) is 11.8 Å². The number of nitrogens with one attached hydrogen (secondary N) is 1. The van der Waals surface area contributed by atoms with Gasteiger partial charge < -0.3 is 14.8 Å². The van der Waals surface area contributed by atoms with Crippen molar-refractivity contribution >= 4 is 12.4 Å². The molecule has 0 saturated carbocycles. The lowest BCUT2D eigenvalue weighted by Gasteiger charge is -2.24. The molecule has 2 rings (SSSR count). The van der Waals surface area contributed by atoms with E-state index in [-0.39, 0.29) is 0 Å². The van der Waals surface area contributed by atoms with Crippen LogP contribution in [0.2, 0.25) is 0 Å². The van der Waals surface area contributed by atoms with Crippen molar-refractivity contribution in [3.63, 3.8) is 0 Å². The molecular weight excluding hydrogens is 320 g/mol. The number of hydrogen-bond acceptors (Lipinski definition) is 5. The van der Waals surface area contributed by atoms with Gasteiger partial charge in [0.05, 0.1) is 25.0 Å². The Balaban J connectivity index is 2.32. The highest BCUT2D eigenvalue weighted by Gasteiger charge is 2.22. The van der Waals surface area contributed by atoms with E-state index in [1.807, 2.05) is 0 Å². The first-order chi connectivity index (χ1) is 11.8. The molecule has 1 atom stereocenters. The normalized spacial score (nSPS) is 12.2. The molecule has 1 N–H and O–H groups in total. The van der Waals surface area contributed by atoms with Crippen molar-refractivity contribution in [2.24, 2.45) is 0 Å². The number of nitrogens with zero attached hydrogens (tertiary/aromatic N) is 1. The fourth-order valence-corrected chi connectivity index (χ4v) is 2.20. The van der Waals surface area contributed by atoms with E-state index in [0.29, 0.717) is 17.0 Å². The van der Waals surface area contributed by atoms with E-state index in [2.05, 4.69) is 10.3 Å². The van der Waals surface area contributed by atoms with E-state index in [9.17, 15) is 9.59 Å². The van der Waals surface area contributed by atoms with E-state index in [1.165, 1.54) is 0 Å². The minimum Gasteiger partial charge on any atom is -0.495 e. The summed E-state index contributed by atoms with van der Waals surface area (Å²) in [6.45, 7) is 5.39. The van der Waals surface area contributed by atoms with Crippen molar-refractivity contribution in [3.8, 4) is 5.75 Å². The number of carbonyl (C=O) groups is 2. The summed E-state index contributed by atoms with van der Waals surface area (Å²) in [6, 6.07) is 9.96. The summed E-state index contributed by atoms with van der Waals surface area (Å²) >= 11 is 0. The number of carbonyl (C=O) groups excluding carboxylic acids is 2. The Hall–Kier alpha value is -2.89. The van der Waals surface area contributed by atoms with Crippen LogP contribution < -0.4 is 10.1 Å². The van der Waals surface area contributed by atoms with E-state index in [4.69, 9.17) is 9.47 Å². The molecule has 0 bridgehead atoms. The van der Waals surface area contributed by atoms with Crippen molar-refractivity contribution in [2.45, 2.75) is 32.4 Å². The number of benzene rings is 1. The second-order valence-corrected chi connectivity index (χ2v) is 6.49. The number of pyridine rings is 1. The topological polar surface area (TPSA) is 77.5 Å². The molecule has 2 aromatic rings. The number of aromatic nitrogens is 1. The predicted octanol–water partition coefficient (Wildman–Crippen LogP) is 3.52. The lowest BCUT2D eigenvalue weighted by molar-refractivity contribution is 0.0511. The molecule has 0 saturated heterocycles. The van der Waals surface area contributed by atoms with Crippen LogP contribution in [0.3, 0.4) is 0 Å². The molecule has 0 aliphatic carbocycles. The summed E-state index contributed by atoms with van der Waals surface area (Å²) in [4.78, 5) is 27.4. The van der Waals surface area contributed by atoms with Gasteiger partial charge >= 0.3 is 6.09 Å². The van der Waals surface area contributed by atoms with Gasteiger partial charge in [-0.15, -0.1) is 0 Å². The van der Waals surface area contributed by atoms with Crippen molar-refractivity contribution in [1.82, 2.24) is 10.3 Å². The van der Waals surface area contributed by atoms with Gasteiger partial charge in [-0.25, -0.2) is 4.79 Å². The maximum Gasteiger partial charge on any atom is 0.408 e. The second kappa shape index (κ2) is 7.79. The van der Waals surface area contributed by atoms with Crippen molar-refractivity contribution in [3.05, 3.63) is 59.4 Å². The summed E-state index contributed by atoms with van der Waals surface area (Å²) < 4.78 is 10.5. The minimum absolute atomic E-state index is 0.513. The maximum absolute atomic E-state index is 12.2. The van der Waals surface area contributed by atoms with Crippen LogP contribution in [-0.4, -0.2) is 30.1 Å². The summed E-state index contributed by atoms with van der Waals surface area (Å²) in [5.74, 6) is 0.621. The molecule has 0 aliphatic heterocycles. The van der Waals surface area contributed by atoms with E-state index >= 15 is 0 Å². The number of alkyl carbamates (subject to hydrolysis) is 1. The Labute approximate surface area is 147 Å². The highest BCUT2D eigenvalue weighted by atomic mass is 16.6. The Morgan fingerprint density at radius 1 is 1.16 bits per heavy atom. The van der Waals surface area contributed by atoms with Gasteiger partial charge in [0.25, 0.3) is 0 Å². The zero-order chi connectivity index (χ0) is 18.4. The van der Waals surface area contributed by atoms with Crippen LogP contribution in [0.1, 0.15) is 48.4 Å². The van der Waals surface area contributed by atoms with Crippen LogP contribution in [0, 0.1) is 0 Å². The Kier molecular flexibility index (Phi) is 5.75. The Morgan fingerprint density at radius 2 is 1.84 bits per heavy atom. The number of hydrogen-bond donors (Lipinski definition) is 1. The molecule has 0 spiro atoms. The van der Waals surface area contributed by atoms with Crippen LogP contribution in [0.4, 0.5) is 4.79 Å². The van der Waals surface area contributed by atoms with Gasteiger partial charge in [-0.1, -0.05) is 24.3 Å². The molecule has 1 aromatic carbocycles. The first-order valence-electron chi connectivity index (χ1n) is 7.87. The Bertz CT molecular complexity index is 719. The van der Waals surface area contributed by atoms with Crippen LogP contribution in [0.25, 0.3) is 0 Å². The third kappa shape index (κ3) is 5.31. The van der Waals surface area contributed by atoms with Crippen molar-refractivity contribution in [2.75, 3.05) is 7.11 Å². The number of methoxy groups -OCH3 is 1. The zero-order valence-electron chi connectivity index (χ0n) is 14.8. The molecule has 1 heterocycles.